The van der Waals surface area contributed by atoms with Crippen LogP contribution < -0.4 is 0 Å². The van der Waals surface area contributed by atoms with Gasteiger partial charge in [0.15, 0.2) is 0 Å². The fourth-order valence-corrected chi connectivity index (χ4v) is 5.58. The van der Waals surface area contributed by atoms with Crippen LogP contribution in [0.15, 0.2) is 71.9 Å². The Bertz CT molecular complexity index is 1200. The van der Waals surface area contributed by atoms with Gasteiger partial charge in [-0.2, -0.15) is 0 Å². The summed E-state index contributed by atoms with van der Waals surface area (Å²) < 4.78 is 0. The molecule has 0 heterocycles. The fourth-order valence-electron chi connectivity index (χ4n) is 5.58. The van der Waals surface area contributed by atoms with Crippen LogP contribution in [0.25, 0.3) is 11.6 Å². The summed E-state index contributed by atoms with van der Waals surface area (Å²) in [6.07, 6.45) is 12.3. The summed E-state index contributed by atoms with van der Waals surface area (Å²) in [6, 6.07) is 9.14. The van der Waals surface area contributed by atoms with Gasteiger partial charge < -0.3 is 0 Å². The lowest BCUT2D eigenvalue weighted by Crippen LogP contribution is -2.03. The Morgan fingerprint density at radius 1 is 0.816 bits per heavy atom. The maximum absolute atomic E-state index is 4.56. The van der Waals surface area contributed by atoms with Gasteiger partial charge in [0.25, 0.3) is 0 Å². The second kappa shape index (κ2) is 14.3. The van der Waals surface area contributed by atoms with Gasteiger partial charge in [0.1, 0.15) is 0 Å². The first-order valence-electron chi connectivity index (χ1n) is 14.4. The first kappa shape index (κ1) is 31.4. The van der Waals surface area contributed by atoms with Crippen LogP contribution in [0.4, 0.5) is 0 Å². The van der Waals surface area contributed by atoms with Crippen LogP contribution in [-0.4, -0.2) is 0 Å². The Balaban J connectivity index is 2.17. The molecule has 0 aromatic heterocycles. The summed E-state index contributed by atoms with van der Waals surface area (Å²) in [6.45, 7) is 30.9. The number of hydrogen-bond donors (Lipinski definition) is 0. The predicted octanol–water partition coefficient (Wildman–Crippen LogP) is 11.9. The molecule has 38 heavy (non-hydrogen) atoms. The molecule has 0 fully saturated rings. The zero-order chi connectivity index (χ0) is 28.6. The van der Waals surface area contributed by atoms with Crippen molar-refractivity contribution in [2.24, 2.45) is 0 Å². The summed E-state index contributed by atoms with van der Waals surface area (Å²) >= 11 is 0. The van der Waals surface area contributed by atoms with Crippen molar-refractivity contribution < 1.29 is 0 Å². The first-order chi connectivity index (χ1) is 17.9. The molecule has 0 nitrogen and oxygen atoms in total. The smallest absolute Gasteiger partial charge is 0.00235 e. The highest BCUT2D eigenvalue weighted by Gasteiger charge is 2.16. The van der Waals surface area contributed by atoms with Gasteiger partial charge in [-0.3, -0.25) is 0 Å². The Hall–Kier alpha value is -2.86. The molecule has 0 spiro atoms. The van der Waals surface area contributed by atoms with E-state index in [0.717, 1.165) is 12.8 Å². The number of hydrogen-bond acceptors (Lipinski definition) is 0. The van der Waals surface area contributed by atoms with Crippen LogP contribution in [0.3, 0.4) is 0 Å². The summed E-state index contributed by atoms with van der Waals surface area (Å²) in [5.41, 5.74) is 17.5. The minimum Gasteiger partial charge on any atom is -0.100 e. The van der Waals surface area contributed by atoms with E-state index in [-0.39, 0.29) is 0 Å². The van der Waals surface area contributed by atoms with Gasteiger partial charge in [0.05, 0.1) is 0 Å². The second-order valence-corrected chi connectivity index (χ2v) is 11.6. The van der Waals surface area contributed by atoms with Gasteiger partial charge in [-0.25, -0.2) is 0 Å². The summed E-state index contributed by atoms with van der Waals surface area (Å²) in [4.78, 5) is 0. The Kier molecular flexibility index (Phi) is 11.8. The summed E-state index contributed by atoms with van der Waals surface area (Å²) in [7, 11) is 0. The van der Waals surface area contributed by atoms with Crippen molar-refractivity contribution in [3.63, 3.8) is 0 Å². The van der Waals surface area contributed by atoms with Gasteiger partial charge >= 0.3 is 0 Å². The number of allylic oxidation sites excluding steroid dienone is 7. The maximum Gasteiger partial charge on any atom is -0.00235 e. The van der Waals surface area contributed by atoms with Crippen LogP contribution in [-0.2, 0) is 0 Å². The van der Waals surface area contributed by atoms with Gasteiger partial charge in [0.2, 0.25) is 0 Å². The predicted molar refractivity (Wildman–Crippen MR) is 173 cm³/mol. The molecule has 0 bridgehead atoms. The third-order valence-corrected chi connectivity index (χ3v) is 8.51. The standard InChI is InChI=1S/C38H52/c1-13-35(19-14-16-25(2)3)36-22-20-34(21-23-36)18-15-17-27(6)37(26(4)5)24-28(7)38-32(11)30(9)29(8)31(10)33(38)12/h15,17-18,20-23,35H,2,7,13-14,16,19,24H2,1,3-6,8-12H3/b18-15+,27-17+. The Morgan fingerprint density at radius 2 is 1.37 bits per heavy atom. The average molecular weight is 509 g/mol. The highest BCUT2D eigenvalue weighted by atomic mass is 14.2. The molecule has 0 saturated heterocycles. The van der Waals surface area contributed by atoms with E-state index in [1.54, 1.807) is 0 Å². The molecule has 0 aliphatic carbocycles. The van der Waals surface area contributed by atoms with E-state index in [2.05, 4.69) is 125 Å². The van der Waals surface area contributed by atoms with Gasteiger partial charge in [-0.05, 0) is 162 Å². The monoisotopic (exact) mass is 508 g/mol. The SMILES string of the molecule is C=C(C)CCCC(CC)c1ccc(/C=C/C=C(\C)C(CC(=C)c2c(C)c(C)c(C)c(C)c2C)=C(C)C)cc1. The van der Waals surface area contributed by atoms with Crippen molar-refractivity contribution in [2.45, 2.75) is 107 Å². The molecule has 1 unspecified atom stereocenters. The van der Waals surface area contributed by atoms with Crippen molar-refractivity contribution in [1.82, 2.24) is 0 Å². The molecular formula is C38H52. The van der Waals surface area contributed by atoms with Crippen molar-refractivity contribution in [3.8, 4) is 0 Å². The van der Waals surface area contributed by atoms with Gasteiger partial charge in [0, 0.05) is 0 Å². The van der Waals surface area contributed by atoms with Crippen LogP contribution in [0.5, 0.6) is 0 Å². The van der Waals surface area contributed by atoms with Crippen LogP contribution in [0, 0.1) is 34.6 Å². The number of benzene rings is 2. The van der Waals surface area contributed by atoms with Crippen LogP contribution in [0.2, 0.25) is 0 Å². The Morgan fingerprint density at radius 3 is 1.87 bits per heavy atom. The fraction of sp³-hybridized carbons (Fsp3) is 0.421. The zero-order valence-corrected chi connectivity index (χ0v) is 26.1. The van der Waals surface area contributed by atoms with Gasteiger partial charge in [-0.15, -0.1) is 6.58 Å². The van der Waals surface area contributed by atoms with Crippen molar-refractivity contribution in [1.29, 1.82) is 0 Å². The van der Waals surface area contributed by atoms with Crippen molar-refractivity contribution in [2.75, 3.05) is 0 Å². The van der Waals surface area contributed by atoms with Crippen LogP contribution >= 0.6 is 0 Å². The molecule has 0 aliphatic heterocycles. The molecular weight excluding hydrogens is 456 g/mol. The third kappa shape index (κ3) is 8.07. The second-order valence-electron chi connectivity index (χ2n) is 11.6. The zero-order valence-electron chi connectivity index (χ0n) is 26.1. The largest absolute Gasteiger partial charge is 0.100 e. The molecule has 2 aromatic carbocycles. The van der Waals surface area contributed by atoms with E-state index >= 15 is 0 Å². The van der Waals surface area contributed by atoms with E-state index in [1.807, 2.05) is 0 Å². The van der Waals surface area contributed by atoms with E-state index in [1.165, 1.54) is 91.6 Å². The van der Waals surface area contributed by atoms with E-state index in [4.69, 9.17) is 0 Å². The molecule has 204 valence electrons. The van der Waals surface area contributed by atoms with Crippen molar-refractivity contribution in [3.05, 3.63) is 116 Å². The molecule has 2 rings (SSSR count). The lowest BCUT2D eigenvalue weighted by Gasteiger charge is -2.22. The molecule has 0 heteroatoms. The quantitative estimate of drug-likeness (QED) is 0.197. The highest BCUT2D eigenvalue weighted by Crippen LogP contribution is 2.35. The number of rotatable bonds is 12. The molecule has 0 aliphatic rings. The van der Waals surface area contributed by atoms with Gasteiger partial charge in [-0.1, -0.05) is 67.1 Å². The maximum atomic E-state index is 4.56. The highest BCUT2D eigenvalue weighted by molar-refractivity contribution is 5.74. The summed E-state index contributed by atoms with van der Waals surface area (Å²) in [5, 5.41) is 0. The molecule has 0 N–H and O–H groups in total. The topological polar surface area (TPSA) is 0 Å². The lowest BCUT2D eigenvalue weighted by molar-refractivity contribution is 0.575. The molecule has 0 saturated carbocycles. The van der Waals surface area contributed by atoms with Crippen molar-refractivity contribution >= 4 is 11.6 Å². The minimum absolute atomic E-state index is 0.635. The average Bonchev–Trinajstić information content (AvgIpc) is 2.87. The lowest BCUT2D eigenvalue weighted by atomic mass is 9.83. The summed E-state index contributed by atoms with van der Waals surface area (Å²) in [5.74, 6) is 0.635. The molecule has 0 radical (unpaired) electrons. The molecule has 1 atom stereocenters. The first-order valence-corrected chi connectivity index (χ1v) is 14.4. The van der Waals surface area contributed by atoms with E-state index in [9.17, 15) is 0 Å². The molecule has 0 amide bonds. The van der Waals surface area contributed by atoms with E-state index in [0.29, 0.717) is 5.92 Å². The Labute approximate surface area is 235 Å². The van der Waals surface area contributed by atoms with E-state index < -0.39 is 0 Å². The minimum atomic E-state index is 0.635. The molecule has 2 aromatic rings. The normalized spacial score (nSPS) is 12.6. The van der Waals surface area contributed by atoms with Crippen LogP contribution in [0.1, 0.15) is 117 Å². The third-order valence-electron chi connectivity index (χ3n) is 8.51.